The molecule has 0 heterocycles. The minimum absolute atomic E-state index is 0. The van der Waals surface area contributed by atoms with Crippen LogP contribution in [-0.2, 0) is 11.1 Å². The van der Waals surface area contributed by atoms with Gasteiger partial charge in [0.2, 0.25) is 0 Å². The molecule has 0 aliphatic carbocycles. The Hall–Kier alpha value is 0.110. The fourth-order valence-corrected chi connectivity index (χ4v) is 1.50. The Morgan fingerprint density at radius 3 is 2.62 bits per heavy atom. The molecule has 0 aliphatic rings. The SMILES string of the molecule is N#Cc1ccc(S(=O)O)c(Cl)c1.[H-].[Na+]. The van der Waals surface area contributed by atoms with Crippen molar-refractivity contribution in [3.8, 4) is 6.07 Å². The summed E-state index contributed by atoms with van der Waals surface area (Å²) in [5.41, 5.74) is 0.370. The fourth-order valence-electron chi connectivity index (χ4n) is 0.712. The zero-order valence-electron chi connectivity index (χ0n) is 7.82. The van der Waals surface area contributed by atoms with Gasteiger partial charge in [-0.25, -0.2) is 4.21 Å². The fraction of sp³-hybridized carbons (Fsp3) is 0. The Labute approximate surface area is 107 Å². The van der Waals surface area contributed by atoms with Gasteiger partial charge in [-0.05, 0) is 18.2 Å². The third-order valence-electron chi connectivity index (χ3n) is 1.25. The van der Waals surface area contributed by atoms with E-state index in [1.807, 2.05) is 6.07 Å². The molecule has 0 spiro atoms. The summed E-state index contributed by atoms with van der Waals surface area (Å²) in [5, 5.41) is 8.58. The third kappa shape index (κ3) is 3.39. The summed E-state index contributed by atoms with van der Waals surface area (Å²) in [7, 11) is 0. The van der Waals surface area contributed by atoms with E-state index in [1.54, 1.807) is 0 Å². The minimum atomic E-state index is -2.09. The molecule has 1 N–H and O–H groups in total. The molecule has 1 unspecified atom stereocenters. The predicted molar refractivity (Wildman–Crippen MR) is 46.3 cm³/mol. The van der Waals surface area contributed by atoms with E-state index < -0.39 is 11.1 Å². The van der Waals surface area contributed by atoms with Crippen LogP contribution < -0.4 is 29.6 Å². The summed E-state index contributed by atoms with van der Waals surface area (Å²) in [6.07, 6.45) is 0. The van der Waals surface area contributed by atoms with Crippen molar-refractivity contribution in [1.82, 2.24) is 0 Å². The second kappa shape index (κ2) is 5.76. The molecule has 0 fully saturated rings. The monoisotopic (exact) mass is 225 g/mol. The quantitative estimate of drug-likeness (QED) is 0.488. The Bertz CT molecular complexity index is 382. The topological polar surface area (TPSA) is 61.1 Å². The van der Waals surface area contributed by atoms with Gasteiger partial charge in [0.25, 0.3) is 0 Å². The summed E-state index contributed by atoms with van der Waals surface area (Å²) in [5.74, 6) is 0. The molecule has 3 nitrogen and oxygen atoms in total. The second-order valence-corrected chi connectivity index (χ2v) is 3.35. The minimum Gasteiger partial charge on any atom is -1.00 e. The van der Waals surface area contributed by atoms with Crippen LogP contribution in [0.2, 0.25) is 5.02 Å². The number of benzene rings is 1. The maximum absolute atomic E-state index is 10.6. The van der Waals surface area contributed by atoms with E-state index in [1.165, 1.54) is 18.2 Å². The predicted octanol–water partition coefficient (Wildman–Crippen LogP) is -1.09. The van der Waals surface area contributed by atoms with E-state index in [0.717, 1.165) is 0 Å². The summed E-state index contributed by atoms with van der Waals surface area (Å²) in [6.45, 7) is 0. The Kier molecular flexibility index (Phi) is 5.81. The first-order valence-electron chi connectivity index (χ1n) is 2.95. The molecule has 0 aliphatic heterocycles. The van der Waals surface area contributed by atoms with Crippen LogP contribution in [0.25, 0.3) is 0 Å². The molecule has 1 aromatic carbocycles. The standard InChI is InChI=1S/C7H4ClNO2S.Na.H/c8-6-3-5(4-9)1-2-7(6)12(10)11;;/h1-3H,(H,10,11);;/q;+1;-1. The van der Waals surface area contributed by atoms with Crippen LogP contribution in [-0.4, -0.2) is 8.76 Å². The first-order valence-corrected chi connectivity index (χ1v) is 4.44. The molecule has 1 aromatic rings. The zero-order valence-corrected chi connectivity index (χ0v) is 10.4. The van der Waals surface area contributed by atoms with Crippen molar-refractivity contribution >= 4 is 22.7 Å². The van der Waals surface area contributed by atoms with Crippen LogP contribution in [0, 0.1) is 11.3 Å². The summed E-state index contributed by atoms with van der Waals surface area (Å²) < 4.78 is 19.2. The van der Waals surface area contributed by atoms with Gasteiger partial charge in [-0.15, -0.1) is 0 Å². The van der Waals surface area contributed by atoms with Gasteiger partial charge in [0.1, 0.15) is 0 Å². The van der Waals surface area contributed by atoms with Gasteiger partial charge in [-0.3, -0.25) is 0 Å². The molecule has 0 aromatic heterocycles. The summed E-state index contributed by atoms with van der Waals surface area (Å²) in [6, 6.07) is 6.02. The maximum Gasteiger partial charge on any atom is 1.00 e. The average Bonchev–Trinajstić information content (AvgIpc) is 2.03. The normalized spacial score (nSPS) is 11.2. The first-order chi connectivity index (χ1) is 5.65. The van der Waals surface area contributed by atoms with E-state index in [4.69, 9.17) is 21.4 Å². The van der Waals surface area contributed by atoms with Gasteiger partial charge in [0, 0.05) is 0 Å². The van der Waals surface area contributed by atoms with Gasteiger partial charge >= 0.3 is 29.6 Å². The summed E-state index contributed by atoms with van der Waals surface area (Å²) in [4.78, 5) is 0.121. The number of nitriles is 1. The summed E-state index contributed by atoms with van der Waals surface area (Å²) >= 11 is 3.51. The number of nitrogens with zero attached hydrogens (tertiary/aromatic N) is 1. The van der Waals surface area contributed by atoms with Crippen molar-refractivity contribution in [3.05, 3.63) is 28.8 Å². The Morgan fingerprint density at radius 1 is 1.62 bits per heavy atom. The van der Waals surface area contributed by atoms with Crippen LogP contribution in [0.15, 0.2) is 23.1 Å². The van der Waals surface area contributed by atoms with Gasteiger partial charge < -0.3 is 5.98 Å². The van der Waals surface area contributed by atoms with Crippen LogP contribution in [0.5, 0.6) is 0 Å². The van der Waals surface area contributed by atoms with Gasteiger partial charge in [-0.1, -0.05) is 11.6 Å². The molecular formula is C7H5ClNNaO2S. The van der Waals surface area contributed by atoms with E-state index >= 15 is 0 Å². The van der Waals surface area contributed by atoms with Crippen molar-refractivity contribution in [2.24, 2.45) is 0 Å². The Morgan fingerprint density at radius 2 is 2.23 bits per heavy atom. The molecule has 13 heavy (non-hydrogen) atoms. The van der Waals surface area contributed by atoms with Crippen molar-refractivity contribution in [2.45, 2.75) is 4.90 Å². The molecule has 0 amide bonds. The average molecular weight is 226 g/mol. The number of hydrogen-bond acceptors (Lipinski definition) is 2. The molecule has 64 valence electrons. The molecular weight excluding hydrogens is 221 g/mol. The smallest absolute Gasteiger partial charge is 1.00 e. The molecule has 0 bridgehead atoms. The van der Waals surface area contributed by atoms with E-state index in [2.05, 4.69) is 0 Å². The van der Waals surface area contributed by atoms with Crippen molar-refractivity contribution in [1.29, 1.82) is 5.26 Å². The van der Waals surface area contributed by atoms with Crippen LogP contribution in [0.3, 0.4) is 0 Å². The number of rotatable bonds is 1. The van der Waals surface area contributed by atoms with E-state index in [-0.39, 0.29) is 40.9 Å². The van der Waals surface area contributed by atoms with Crippen LogP contribution in [0.1, 0.15) is 6.99 Å². The molecule has 1 rings (SSSR count). The first kappa shape index (κ1) is 13.1. The third-order valence-corrected chi connectivity index (χ3v) is 2.41. The van der Waals surface area contributed by atoms with Crippen LogP contribution in [0.4, 0.5) is 0 Å². The molecule has 0 saturated carbocycles. The van der Waals surface area contributed by atoms with Crippen molar-refractivity contribution in [3.63, 3.8) is 0 Å². The number of hydrogen-bond donors (Lipinski definition) is 1. The molecule has 6 heteroatoms. The van der Waals surface area contributed by atoms with Crippen LogP contribution >= 0.6 is 11.6 Å². The molecule has 0 saturated heterocycles. The molecule has 0 radical (unpaired) electrons. The Balaban J connectivity index is 0. The maximum atomic E-state index is 10.6. The van der Waals surface area contributed by atoms with Gasteiger partial charge in [0.15, 0.2) is 11.1 Å². The van der Waals surface area contributed by atoms with Gasteiger partial charge in [-0.2, -0.15) is 5.26 Å². The van der Waals surface area contributed by atoms with Gasteiger partial charge in [0.05, 0.1) is 21.6 Å². The van der Waals surface area contributed by atoms with E-state index in [9.17, 15) is 4.21 Å². The van der Waals surface area contributed by atoms with Crippen molar-refractivity contribution < 1.29 is 39.7 Å². The van der Waals surface area contributed by atoms with Crippen molar-refractivity contribution in [2.75, 3.05) is 0 Å². The number of halogens is 1. The van der Waals surface area contributed by atoms with E-state index in [0.29, 0.717) is 5.56 Å². The zero-order chi connectivity index (χ0) is 9.14. The second-order valence-electron chi connectivity index (χ2n) is 2.01. The molecule has 1 atom stereocenters. The largest absolute Gasteiger partial charge is 1.00 e.